The number of halogens is 3. The molecule has 0 radical (unpaired) electrons. The summed E-state index contributed by atoms with van der Waals surface area (Å²) in [6.07, 6.45) is 2.87. The summed E-state index contributed by atoms with van der Waals surface area (Å²) in [7, 11) is 0. The molecule has 5 heteroatoms. The minimum absolute atomic E-state index is 0.0638. The van der Waals surface area contributed by atoms with Crippen LogP contribution in [0.25, 0.3) is 0 Å². The van der Waals surface area contributed by atoms with E-state index in [4.69, 9.17) is 0 Å². The maximum atomic E-state index is 13.6. The Morgan fingerprint density at radius 1 is 1.39 bits per heavy atom. The molecule has 1 amide bonds. The summed E-state index contributed by atoms with van der Waals surface area (Å²) in [5, 5.41) is 0.662. The van der Waals surface area contributed by atoms with E-state index in [2.05, 4.69) is 15.9 Å². The van der Waals surface area contributed by atoms with Crippen LogP contribution in [0.1, 0.15) is 29.6 Å². The fourth-order valence-electron chi connectivity index (χ4n) is 2.25. The van der Waals surface area contributed by atoms with E-state index in [0.717, 1.165) is 25.3 Å². The predicted molar refractivity (Wildman–Crippen MR) is 68.8 cm³/mol. The van der Waals surface area contributed by atoms with Crippen molar-refractivity contribution in [3.63, 3.8) is 0 Å². The number of hydrogen-bond acceptors (Lipinski definition) is 1. The van der Waals surface area contributed by atoms with E-state index in [1.807, 2.05) is 0 Å². The molecule has 0 aromatic heterocycles. The van der Waals surface area contributed by atoms with E-state index in [1.54, 1.807) is 4.90 Å². The summed E-state index contributed by atoms with van der Waals surface area (Å²) in [6.45, 7) is 0.602. The normalized spacial score (nSPS) is 19.9. The molecule has 1 aliphatic rings. The van der Waals surface area contributed by atoms with Crippen molar-refractivity contribution in [1.29, 1.82) is 0 Å². The zero-order valence-corrected chi connectivity index (χ0v) is 11.4. The molecule has 2 nitrogen and oxygen atoms in total. The third-order valence-corrected chi connectivity index (χ3v) is 4.00. The Morgan fingerprint density at radius 3 is 2.89 bits per heavy atom. The first-order valence-electron chi connectivity index (χ1n) is 5.96. The van der Waals surface area contributed by atoms with Crippen LogP contribution in [0.3, 0.4) is 0 Å². The van der Waals surface area contributed by atoms with Crippen molar-refractivity contribution in [1.82, 2.24) is 4.90 Å². The van der Waals surface area contributed by atoms with E-state index in [1.165, 1.54) is 12.1 Å². The van der Waals surface area contributed by atoms with Gasteiger partial charge < -0.3 is 4.90 Å². The maximum absolute atomic E-state index is 13.6. The first-order valence-corrected chi connectivity index (χ1v) is 7.08. The van der Waals surface area contributed by atoms with E-state index >= 15 is 0 Å². The smallest absolute Gasteiger partial charge is 0.257 e. The van der Waals surface area contributed by atoms with E-state index < -0.39 is 17.5 Å². The van der Waals surface area contributed by atoms with Crippen LogP contribution in [0, 0.1) is 11.6 Å². The largest absolute Gasteiger partial charge is 0.335 e. The Hall–Kier alpha value is -0.970. The molecule has 1 heterocycles. The van der Waals surface area contributed by atoms with Crippen molar-refractivity contribution >= 4 is 21.8 Å². The van der Waals surface area contributed by atoms with Gasteiger partial charge in [0.25, 0.3) is 5.91 Å². The predicted octanol–water partition coefficient (Wildman–Crippen LogP) is 3.35. The lowest BCUT2D eigenvalue weighted by Gasteiger charge is -2.34. The number of hydrogen-bond donors (Lipinski definition) is 0. The van der Waals surface area contributed by atoms with Crippen molar-refractivity contribution in [2.75, 3.05) is 11.9 Å². The van der Waals surface area contributed by atoms with Gasteiger partial charge in [0.1, 0.15) is 0 Å². The third kappa shape index (κ3) is 2.55. The zero-order valence-electron chi connectivity index (χ0n) is 9.83. The minimum Gasteiger partial charge on any atom is -0.335 e. The summed E-state index contributed by atoms with van der Waals surface area (Å²) in [4.78, 5) is 13.9. The Kier molecular flexibility index (Phi) is 4.32. The van der Waals surface area contributed by atoms with Gasteiger partial charge in [-0.15, -0.1) is 0 Å². The molecule has 98 valence electrons. The van der Waals surface area contributed by atoms with Crippen molar-refractivity contribution in [2.24, 2.45) is 0 Å². The van der Waals surface area contributed by atoms with Crippen molar-refractivity contribution in [3.05, 3.63) is 35.4 Å². The molecule has 0 spiro atoms. The lowest BCUT2D eigenvalue weighted by atomic mass is 10.0. The van der Waals surface area contributed by atoms with Gasteiger partial charge in [-0.05, 0) is 31.4 Å². The monoisotopic (exact) mass is 317 g/mol. The molecule has 0 N–H and O–H groups in total. The highest BCUT2D eigenvalue weighted by molar-refractivity contribution is 9.09. The van der Waals surface area contributed by atoms with Crippen LogP contribution in [-0.4, -0.2) is 28.7 Å². The number of alkyl halides is 1. The number of carbonyl (C=O) groups excluding carboxylic acids is 1. The van der Waals surface area contributed by atoms with E-state index in [-0.39, 0.29) is 11.6 Å². The van der Waals surface area contributed by atoms with Gasteiger partial charge >= 0.3 is 0 Å². The Balaban J connectivity index is 2.27. The highest BCUT2D eigenvalue weighted by Gasteiger charge is 2.28. The molecule has 1 saturated heterocycles. The highest BCUT2D eigenvalue weighted by Crippen LogP contribution is 2.22. The molecule has 0 bridgehead atoms. The standard InChI is InChI=1S/C13H14BrF2NO/c14-8-9-4-1-2-7-17(9)13(18)10-5-3-6-11(15)12(10)16/h3,5-6,9H,1-2,4,7-8H2. The van der Waals surface area contributed by atoms with Crippen molar-refractivity contribution < 1.29 is 13.6 Å². The quantitative estimate of drug-likeness (QED) is 0.766. The van der Waals surface area contributed by atoms with Crippen LogP contribution < -0.4 is 0 Å². The van der Waals surface area contributed by atoms with Gasteiger partial charge in [0.05, 0.1) is 5.56 Å². The van der Waals surface area contributed by atoms with Gasteiger partial charge in [-0.3, -0.25) is 4.79 Å². The van der Waals surface area contributed by atoms with Crippen LogP contribution in [0.15, 0.2) is 18.2 Å². The molecular weight excluding hydrogens is 304 g/mol. The summed E-state index contributed by atoms with van der Waals surface area (Å²) < 4.78 is 26.7. The van der Waals surface area contributed by atoms with Crippen LogP contribution in [-0.2, 0) is 0 Å². The van der Waals surface area contributed by atoms with Crippen molar-refractivity contribution in [2.45, 2.75) is 25.3 Å². The number of likely N-dealkylation sites (tertiary alicyclic amines) is 1. The minimum atomic E-state index is -1.05. The molecule has 2 rings (SSSR count). The van der Waals surface area contributed by atoms with Gasteiger partial charge in [-0.25, -0.2) is 8.78 Å². The number of amides is 1. The Morgan fingerprint density at radius 2 is 2.17 bits per heavy atom. The van der Waals surface area contributed by atoms with Crippen LogP contribution in [0.5, 0.6) is 0 Å². The first kappa shape index (κ1) is 13.5. The number of nitrogens with zero attached hydrogens (tertiary/aromatic N) is 1. The number of rotatable bonds is 2. The number of piperidine rings is 1. The lowest BCUT2D eigenvalue weighted by Crippen LogP contribution is -2.45. The second-order valence-electron chi connectivity index (χ2n) is 4.40. The van der Waals surface area contributed by atoms with Crippen molar-refractivity contribution in [3.8, 4) is 0 Å². The Bertz CT molecular complexity index is 453. The molecule has 1 aromatic carbocycles. The fourth-order valence-corrected chi connectivity index (χ4v) is 2.93. The molecule has 18 heavy (non-hydrogen) atoms. The van der Waals surface area contributed by atoms with Crippen LogP contribution >= 0.6 is 15.9 Å². The molecule has 0 saturated carbocycles. The van der Waals surface area contributed by atoms with Crippen LogP contribution in [0.4, 0.5) is 8.78 Å². The Labute approximate surface area is 113 Å². The van der Waals surface area contributed by atoms with Gasteiger partial charge in [-0.1, -0.05) is 22.0 Å². The van der Waals surface area contributed by atoms with E-state index in [9.17, 15) is 13.6 Å². The summed E-state index contributed by atoms with van der Waals surface area (Å²) in [5.41, 5.74) is -0.178. The molecule has 1 unspecified atom stereocenters. The van der Waals surface area contributed by atoms with Gasteiger partial charge in [0, 0.05) is 17.9 Å². The average molecular weight is 318 g/mol. The number of carbonyl (C=O) groups is 1. The van der Waals surface area contributed by atoms with Crippen LogP contribution in [0.2, 0.25) is 0 Å². The summed E-state index contributed by atoms with van der Waals surface area (Å²) >= 11 is 3.36. The van der Waals surface area contributed by atoms with Gasteiger partial charge in [0.15, 0.2) is 11.6 Å². The second-order valence-corrected chi connectivity index (χ2v) is 5.05. The SMILES string of the molecule is O=C(c1cccc(F)c1F)N1CCCCC1CBr. The first-order chi connectivity index (χ1) is 8.65. The molecular formula is C13H14BrF2NO. The second kappa shape index (κ2) is 5.78. The van der Waals surface area contributed by atoms with E-state index in [0.29, 0.717) is 11.9 Å². The van der Waals surface area contributed by atoms with Gasteiger partial charge in [0.2, 0.25) is 0 Å². The maximum Gasteiger partial charge on any atom is 0.257 e. The number of benzene rings is 1. The highest BCUT2D eigenvalue weighted by atomic mass is 79.9. The molecule has 1 fully saturated rings. The molecule has 1 aliphatic heterocycles. The summed E-state index contributed by atoms with van der Waals surface area (Å²) in [6, 6.07) is 3.78. The summed E-state index contributed by atoms with van der Waals surface area (Å²) in [5.74, 6) is -2.45. The zero-order chi connectivity index (χ0) is 13.1. The lowest BCUT2D eigenvalue weighted by molar-refractivity contribution is 0.0636. The van der Waals surface area contributed by atoms with Gasteiger partial charge in [-0.2, -0.15) is 0 Å². The fraction of sp³-hybridized carbons (Fsp3) is 0.462. The molecule has 0 aliphatic carbocycles. The topological polar surface area (TPSA) is 20.3 Å². The third-order valence-electron chi connectivity index (χ3n) is 3.25. The average Bonchev–Trinajstić information content (AvgIpc) is 2.41. The molecule has 1 aromatic rings. The molecule has 1 atom stereocenters.